The van der Waals surface area contributed by atoms with Crippen molar-refractivity contribution in [2.45, 2.75) is 6.61 Å². The molecule has 2 aromatic rings. The second kappa shape index (κ2) is 5.15. The zero-order valence-corrected chi connectivity index (χ0v) is 11.3. The molecule has 0 spiro atoms. The van der Waals surface area contributed by atoms with Crippen LogP contribution in [0.2, 0.25) is 0 Å². The van der Waals surface area contributed by atoms with Gasteiger partial charge in [-0.15, -0.1) is 11.3 Å². The van der Waals surface area contributed by atoms with Gasteiger partial charge >= 0.3 is 12.6 Å². The lowest BCUT2D eigenvalue weighted by molar-refractivity contribution is -0.0489. The molecule has 0 aliphatic carbocycles. The Morgan fingerprint density at radius 2 is 2.22 bits per heavy atom. The standard InChI is InChI=1S/C10H6BrF2NO3S/c1-16-8(15)4-2-5(17-10(12)13)7-6(3-4)18-9(11)14-7/h2-3,10H,1H3. The molecule has 1 aromatic heterocycles. The number of rotatable bonds is 3. The molecule has 0 unspecified atom stereocenters. The van der Waals surface area contributed by atoms with Crippen molar-refractivity contribution < 1.29 is 23.0 Å². The monoisotopic (exact) mass is 337 g/mol. The Kier molecular flexibility index (Phi) is 3.76. The first kappa shape index (κ1) is 13.2. The van der Waals surface area contributed by atoms with Gasteiger partial charge in [0, 0.05) is 0 Å². The number of carbonyl (C=O) groups excluding carboxylic acids is 1. The Balaban J connectivity index is 2.60. The van der Waals surface area contributed by atoms with Crippen LogP contribution in [0.15, 0.2) is 16.0 Å². The number of thiazole rings is 1. The van der Waals surface area contributed by atoms with Crippen LogP contribution in [-0.4, -0.2) is 24.7 Å². The molecule has 2 rings (SSSR count). The molecular formula is C10H6BrF2NO3S. The predicted molar refractivity (Wildman–Crippen MR) is 65.3 cm³/mol. The Morgan fingerprint density at radius 3 is 2.83 bits per heavy atom. The lowest BCUT2D eigenvalue weighted by atomic mass is 10.2. The summed E-state index contributed by atoms with van der Waals surface area (Å²) in [6, 6.07) is 2.70. The highest BCUT2D eigenvalue weighted by atomic mass is 79.9. The van der Waals surface area contributed by atoms with Gasteiger partial charge in [-0.05, 0) is 28.1 Å². The number of nitrogens with zero attached hydrogens (tertiary/aromatic N) is 1. The van der Waals surface area contributed by atoms with E-state index in [0.29, 0.717) is 8.62 Å². The normalized spacial score (nSPS) is 10.9. The average Bonchev–Trinajstić information content (AvgIpc) is 2.68. The van der Waals surface area contributed by atoms with E-state index in [-0.39, 0.29) is 16.8 Å². The molecule has 18 heavy (non-hydrogen) atoms. The van der Waals surface area contributed by atoms with E-state index in [1.165, 1.54) is 30.6 Å². The highest BCUT2D eigenvalue weighted by Gasteiger charge is 2.17. The van der Waals surface area contributed by atoms with Crippen LogP contribution >= 0.6 is 27.3 Å². The van der Waals surface area contributed by atoms with Gasteiger partial charge in [0.2, 0.25) is 0 Å². The van der Waals surface area contributed by atoms with Gasteiger partial charge in [0.25, 0.3) is 0 Å². The first-order chi connectivity index (χ1) is 8.51. The predicted octanol–water partition coefficient (Wildman–Crippen LogP) is 3.45. The van der Waals surface area contributed by atoms with Gasteiger partial charge in [-0.25, -0.2) is 9.78 Å². The highest BCUT2D eigenvalue weighted by Crippen LogP contribution is 2.34. The van der Waals surface area contributed by atoms with Crippen molar-refractivity contribution in [1.29, 1.82) is 0 Å². The van der Waals surface area contributed by atoms with Gasteiger partial charge < -0.3 is 9.47 Å². The molecule has 0 bridgehead atoms. The molecule has 0 saturated carbocycles. The quantitative estimate of drug-likeness (QED) is 0.805. The van der Waals surface area contributed by atoms with Crippen molar-refractivity contribution in [3.63, 3.8) is 0 Å². The number of hydrogen-bond donors (Lipinski definition) is 0. The van der Waals surface area contributed by atoms with Crippen molar-refractivity contribution in [3.05, 3.63) is 21.6 Å². The zero-order chi connectivity index (χ0) is 13.3. The number of aromatic nitrogens is 1. The number of ether oxygens (including phenoxy) is 2. The number of carbonyl (C=O) groups is 1. The summed E-state index contributed by atoms with van der Waals surface area (Å²) < 4.78 is 34.6. The first-order valence-electron chi connectivity index (χ1n) is 4.64. The number of hydrogen-bond acceptors (Lipinski definition) is 5. The fraction of sp³-hybridized carbons (Fsp3) is 0.200. The molecular weight excluding hydrogens is 332 g/mol. The summed E-state index contributed by atoms with van der Waals surface area (Å²) in [4.78, 5) is 15.4. The van der Waals surface area contributed by atoms with Crippen LogP contribution in [0.4, 0.5) is 8.78 Å². The molecule has 1 aromatic carbocycles. The van der Waals surface area contributed by atoms with Crippen LogP contribution in [0.3, 0.4) is 0 Å². The summed E-state index contributed by atoms with van der Waals surface area (Å²) in [5.74, 6) is -0.773. The van der Waals surface area contributed by atoms with E-state index >= 15 is 0 Å². The minimum absolute atomic E-state index is 0.136. The Labute approximate surface area is 113 Å². The lowest BCUT2D eigenvalue weighted by Crippen LogP contribution is -2.05. The number of methoxy groups -OCH3 is 1. The van der Waals surface area contributed by atoms with Gasteiger partial charge in [0.1, 0.15) is 5.52 Å². The summed E-state index contributed by atoms with van der Waals surface area (Å²) in [5, 5.41) is 0. The maximum absolute atomic E-state index is 12.3. The molecule has 0 aliphatic heterocycles. The van der Waals surface area contributed by atoms with Crippen LogP contribution in [0.1, 0.15) is 10.4 Å². The van der Waals surface area contributed by atoms with Crippen molar-refractivity contribution in [2.24, 2.45) is 0 Å². The van der Waals surface area contributed by atoms with E-state index in [4.69, 9.17) is 0 Å². The number of alkyl halides is 2. The van der Waals surface area contributed by atoms with E-state index in [1.807, 2.05) is 0 Å². The van der Waals surface area contributed by atoms with Crippen LogP contribution in [0, 0.1) is 0 Å². The molecule has 0 amide bonds. The molecule has 8 heteroatoms. The topological polar surface area (TPSA) is 48.4 Å². The van der Waals surface area contributed by atoms with Gasteiger partial charge in [-0.3, -0.25) is 0 Å². The fourth-order valence-corrected chi connectivity index (χ4v) is 2.84. The Morgan fingerprint density at radius 1 is 1.50 bits per heavy atom. The van der Waals surface area contributed by atoms with Crippen LogP contribution in [-0.2, 0) is 4.74 Å². The van der Waals surface area contributed by atoms with Gasteiger partial charge in [-0.2, -0.15) is 8.78 Å². The molecule has 0 atom stereocenters. The molecule has 0 radical (unpaired) electrons. The summed E-state index contributed by atoms with van der Waals surface area (Å²) in [7, 11) is 1.21. The fourth-order valence-electron chi connectivity index (χ4n) is 1.39. The molecule has 0 aliphatic rings. The van der Waals surface area contributed by atoms with Crippen LogP contribution < -0.4 is 4.74 Å². The van der Waals surface area contributed by atoms with E-state index in [9.17, 15) is 13.6 Å². The van der Waals surface area contributed by atoms with E-state index in [1.54, 1.807) is 0 Å². The number of benzene rings is 1. The van der Waals surface area contributed by atoms with Gasteiger partial charge in [0.15, 0.2) is 9.67 Å². The molecule has 1 heterocycles. The third-order valence-corrected chi connectivity index (χ3v) is 3.52. The van der Waals surface area contributed by atoms with Crippen molar-refractivity contribution >= 4 is 43.5 Å². The van der Waals surface area contributed by atoms with Crippen LogP contribution in [0.5, 0.6) is 5.75 Å². The summed E-state index contributed by atoms with van der Waals surface area (Å²) in [6.07, 6.45) is 0. The minimum atomic E-state index is -2.98. The number of esters is 1. The third kappa shape index (κ3) is 2.59. The molecule has 96 valence electrons. The molecule has 0 saturated heterocycles. The average molecular weight is 338 g/mol. The van der Waals surface area contributed by atoms with Crippen molar-refractivity contribution in [1.82, 2.24) is 4.98 Å². The van der Waals surface area contributed by atoms with E-state index in [0.717, 1.165) is 0 Å². The minimum Gasteiger partial charge on any atom is -0.465 e. The second-order valence-electron chi connectivity index (χ2n) is 3.16. The first-order valence-corrected chi connectivity index (χ1v) is 6.25. The zero-order valence-electron chi connectivity index (χ0n) is 8.95. The Bertz CT molecular complexity index is 602. The summed E-state index contributed by atoms with van der Waals surface area (Å²) in [5.41, 5.74) is 0.414. The highest BCUT2D eigenvalue weighted by molar-refractivity contribution is 9.11. The number of halogens is 3. The van der Waals surface area contributed by atoms with Crippen molar-refractivity contribution in [2.75, 3.05) is 7.11 Å². The summed E-state index contributed by atoms with van der Waals surface area (Å²) >= 11 is 4.36. The second-order valence-corrected chi connectivity index (χ2v) is 5.46. The third-order valence-electron chi connectivity index (χ3n) is 2.07. The van der Waals surface area contributed by atoms with Crippen LogP contribution in [0.25, 0.3) is 10.2 Å². The lowest BCUT2D eigenvalue weighted by Gasteiger charge is -2.07. The SMILES string of the molecule is COC(=O)c1cc(OC(F)F)c2nc(Br)sc2c1. The molecule has 0 fully saturated rings. The maximum atomic E-state index is 12.3. The van der Waals surface area contributed by atoms with E-state index in [2.05, 4.69) is 30.4 Å². The number of fused-ring (bicyclic) bond motifs is 1. The van der Waals surface area contributed by atoms with E-state index < -0.39 is 12.6 Å². The summed E-state index contributed by atoms with van der Waals surface area (Å²) in [6.45, 7) is -2.98. The Hall–Kier alpha value is -1.28. The molecule has 4 nitrogen and oxygen atoms in total. The molecule has 0 N–H and O–H groups in total. The van der Waals surface area contributed by atoms with Gasteiger partial charge in [0.05, 0.1) is 17.4 Å². The van der Waals surface area contributed by atoms with Crippen molar-refractivity contribution in [3.8, 4) is 5.75 Å². The maximum Gasteiger partial charge on any atom is 0.387 e. The van der Waals surface area contributed by atoms with Gasteiger partial charge in [-0.1, -0.05) is 0 Å². The smallest absolute Gasteiger partial charge is 0.387 e. The largest absolute Gasteiger partial charge is 0.465 e.